The van der Waals surface area contributed by atoms with E-state index in [1.54, 1.807) is 12.1 Å². The lowest BCUT2D eigenvalue weighted by atomic mass is 10.1. The Bertz CT molecular complexity index is 568. The van der Waals surface area contributed by atoms with Crippen molar-refractivity contribution < 1.29 is 14.6 Å². The van der Waals surface area contributed by atoms with Crippen LogP contribution in [0.25, 0.3) is 0 Å². The number of benzene rings is 1. The molecule has 1 heterocycles. The standard InChI is InChI=1S/C21H34N2O3S2/c1-26-21(25)19(23-14-7-2-3-9-17-13-16-27-28-17)11-6-8-15-22-18-10-4-5-12-20(18)24/h4-5,10,12,17,19,22-24H,2-3,6-9,11,13-16H2,1H3. The fourth-order valence-corrected chi connectivity index (χ4v) is 6.31. The van der Waals surface area contributed by atoms with Gasteiger partial charge in [0.15, 0.2) is 0 Å². The summed E-state index contributed by atoms with van der Waals surface area (Å²) in [6.07, 6.45) is 8.90. The van der Waals surface area contributed by atoms with Crippen molar-refractivity contribution in [3.8, 4) is 5.75 Å². The molecular formula is C21H34N2O3S2. The summed E-state index contributed by atoms with van der Waals surface area (Å²) in [6, 6.07) is 7.01. The molecule has 2 rings (SSSR count). The van der Waals surface area contributed by atoms with Crippen LogP contribution in [-0.2, 0) is 9.53 Å². The van der Waals surface area contributed by atoms with E-state index in [0.29, 0.717) is 0 Å². The summed E-state index contributed by atoms with van der Waals surface area (Å²) < 4.78 is 4.94. The number of hydrogen-bond acceptors (Lipinski definition) is 7. The quantitative estimate of drug-likeness (QED) is 0.170. The first-order valence-corrected chi connectivity index (χ1v) is 12.7. The van der Waals surface area contributed by atoms with Crippen LogP contribution in [0.4, 0.5) is 5.69 Å². The lowest BCUT2D eigenvalue weighted by molar-refractivity contribution is -0.143. The van der Waals surface area contributed by atoms with E-state index in [1.165, 1.54) is 38.5 Å². The smallest absolute Gasteiger partial charge is 0.322 e. The van der Waals surface area contributed by atoms with E-state index in [4.69, 9.17) is 4.74 Å². The van der Waals surface area contributed by atoms with Crippen molar-refractivity contribution in [2.75, 3.05) is 31.3 Å². The second kappa shape index (κ2) is 14.0. The fourth-order valence-electron chi connectivity index (χ4n) is 3.28. The molecule has 5 nitrogen and oxygen atoms in total. The highest BCUT2D eigenvalue weighted by atomic mass is 33.1. The first-order chi connectivity index (χ1) is 13.7. The molecule has 158 valence electrons. The van der Waals surface area contributed by atoms with Gasteiger partial charge in [0.2, 0.25) is 0 Å². The number of phenols is 1. The predicted molar refractivity (Wildman–Crippen MR) is 121 cm³/mol. The van der Waals surface area contributed by atoms with Gasteiger partial charge >= 0.3 is 5.97 Å². The van der Waals surface area contributed by atoms with Gasteiger partial charge < -0.3 is 20.5 Å². The van der Waals surface area contributed by atoms with Crippen LogP contribution in [0.1, 0.15) is 51.4 Å². The highest BCUT2D eigenvalue weighted by Crippen LogP contribution is 2.39. The van der Waals surface area contributed by atoms with Crippen molar-refractivity contribution >= 4 is 33.2 Å². The minimum Gasteiger partial charge on any atom is -0.506 e. The van der Waals surface area contributed by atoms with E-state index >= 15 is 0 Å². The number of hydrogen-bond donors (Lipinski definition) is 3. The topological polar surface area (TPSA) is 70.6 Å². The van der Waals surface area contributed by atoms with Gasteiger partial charge in [-0.2, -0.15) is 0 Å². The van der Waals surface area contributed by atoms with Gasteiger partial charge in [-0.15, -0.1) is 0 Å². The van der Waals surface area contributed by atoms with Crippen molar-refractivity contribution in [3.63, 3.8) is 0 Å². The Labute approximate surface area is 177 Å². The van der Waals surface area contributed by atoms with Gasteiger partial charge in [0.05, 0.1) is 12.8 Å². The first kappa shape index (κ1) is 23.2. The first-order valence-electron chi connectivity index (χ1n) is 10.3. The highest BCUT2D eigenvalue weighted by Gasteiger charge is 2.18. The maximum atomic E-state index is 12.0. The fraction of sp³-hybridized carbons (Fsp3) is 0.667. The Morgan fingerprint density at radius 3 is 2.79 bits per heavy atom. The van der Waals surface area contributed by atoms with Crippen LogP contribution in [0.15, 0.2) is 24.3 Å². The zero-order valence-corrected chi connectivity index (χ0v) is 18.5. The molecule has 1 saturated heterocycles. The largest absolute Gasteiger partial charge is 0.506 e. The van der Waals surface area contributed by atoms with E-state index in [2.05, 4.69) is 21.4 Å². The van der Waals surface area contributed by atoms with Gasteiger partial charge in [-0.1, -0.05) is 46.6 Å². The Balaban J connectivity index is 1.55. The van der Waals surface area contributed by atoms with Gasteiger partial charge in [-0.05, 0) is 57.2 Å². The number of methoxy groups -OCH3 is 1. The molecule has 1 aliphatic rings. The van der Waals surface area contributed by atoms with Crippen molar-refractivity contribution in [2.45, 2.75) is 62.7 Å². The predicted octanol–water partition coefficient (Wildman–Crippen LogP) is 4.82. The molecule has 0 spiro atoms. The van der Waals surface area contributed by atoms with Crippen molar-refractivity contribution in [1.29, 1.82) is 0 Å². The third-order valence-corrected chi connectivity index (χ3v) is 7.95. The number of rotatable bonds is 14. The molecule has 1 aliphatic heterocycles. The molecule has 0 bridgehead atoms. The third-order valence-electron chi connectivity index (χ3n) is 4.95. The second-order valence-corrected chi connectivity index (χ2v) is 9.94. The second-order valence-electron chi connectivity index (χ2n) is 7.15. The van der Waals surface area contributed by atoms with Crippen LogP contribution in [0.3, 0.4) is 0 Å². The molecule has 1 aromatic rings. The Morgan fingerprint density at radius 2 is 2.04 bits per heavy atom. The number of phenolic OH excluding ortho intramolecular Hbond substituents is 1. The van der Waals surface area contributed by atoms with Gasteiger partial charge in [0.1, 0.15) is 11.8 Å². The summed E-state index contributed by atoms with van der Waals surface area (Å²) in [5.41, 5.74) is 0.750. The number of carbonyl (C=O) groups is 1. The van der Waals surface area contributed by atoms with Crippen molar-refractivity contribution in [1.82, 2.24) is 5.32 Å². The van der Waals surface area contributed by atoms with E-state index in [0.717, 1.165) is 49.7 Å². The number of para-hydroxylation sites is 2. The average Bonchev–Trinajstić information content (AvgIpc) is 3.23. The molecular weight excluding hydrogens is 392 g/mol. The number of carbonyl (C=O) groups excluding carboxylic acids is 1. The molecule has 1 aromatic carbocycles. The van der Waals surface area contributed by atoms with Gasteiger partial charge in [-0.25, -0.2) is 0 Å². The molecule has 2 atom stereocenters. The van der Waals surface area contributed by atoms with Gasteiger partial charge in [-0.3, -0.25) is 4.79 Å². The molecule has 1 fully saturated rings. The zero-order chi connectivity index (χ0) is 20.0. The van der Waals surface area contributed by atoms with Gasteiger partial charge in [0.25, 0.3) is 0 Å². The highest BCUT2D eigenvalue weighted by molar-refractivity contribution is 8.77. The Hall–Kier alpha value is -1.05. The van der Waals surface area contributed by atoms with E-state index in [-0.39, 0.29) is 17.8 Å². The number of unbranched alkanes of at least 4 members (excludes halogenated alkanes) is 3. The minimum absolute atomic E-state index is 0.173. The molecule has 0 aromatic heterocycles. The van der Waals surface area contributed by atoms with Crippen molar-refractivity contribution in [3.05, 3.63) is 24.3 Å². The lowest BCUT2D eigenvalue weighted by Gasteiger charge is -2.17. The summed E-state index contributed by atoms with van der Waals surface area (Å²) in [6.45, 7) is 1.63. The monoisotopic (exact) mass is 426 g/mol. The molecule has 0 saturated carbocycles. The number of esters is 1. The summed E-state index contributed by atoms with van der Waals surface area (Å²) in [7, 11) is 5.51. The molecule has 28 heavy (non-hydrogen) atoms. The molecule has 0 amide bonds. The molecule has 3 N–H and O–H groups in total. The van der Waals surface area contributed by atoms with Crippen LogP contribution in [0, 0.1) is 0 Å². The normalized spacial score (nSPS) is 17.4. The Kier molecular flexibility index (Phi) is 11.6. The summed E-state index contributed by atoms with van der Waals surface area (Å²) in [5.74, 6) is 1.40. The number of nitrogens with one attached hydrogen (secondary N) is 2. The number of ether oxygens (including phenoxy) is 1. The molecule has 0 aliphatic carbocycles. The number of anilines is 1. The molecule has 2 unspecified atom stereocenters. The van der Waals surface area contributed by atoms with E-state index < -0.39 is 0 Å². The summed E-state index contributed by atoms with van der Waals surface area (Å²) in [5, 5.41) is 17.2. The van der Waals surface area contributed by atoms with Crippen LogP contribution in [0.2, 0.25) is 0 Å². The van der Waals surface area contributed by atoms with Gasteiger partial charge in [0, 0.05) is 17.5 Å². The Morgan fingerprint density at radius 1 is 1.21 bits per heavy atom. The average molecular weight is 427 g/mol. The summed E-state index contributed by atoms with van der Waals surface area (Å²) in [4.78, 5) is 12.0. The maximum Gasteiger partial charge on any atom is 0.322 e. The lowest BCUT2D eigenvalue weighted by Crippen LogP contribution is -2.38. The van der Waals surface area contributed by atoms with Crippen LogP contribution < -0.4 is 10.6 Å². The SMILES string of the molecule is COC(=O)C(CCCCNc1ccccc1O)NCCCCCC1CCSS1. The van der Waals surface area contributed by atoms with E-state index in [9.17, 15) is 9.90 Å². The molecule has 7 heteroatoms. The third kappa shape index (κ3) is 8.97. The van der Waals surface area contributed by atoms with Crippen LogP contribution >= 0.6 is 21.6 Å². The minimum atomic E-state index is -0.225. The number of aromatic hydroxyl groups is 1. The van der Waals surface area contributed by atoms with Crippen molar-refractivity contribution in [2.24, 2.45) is 0 Å². The van der Waals surface area contributed by atoms with Crippen LogP contribution in [0.5, 0.6) is 5.75 Å². The van der Waals surface area contributed by atoms with Crippen LogP contribution in [-0.4, -0.2) is 48.3 Å². The van der Waals surface area contributed by atoms with E-state index in [1.807, 2.05) is 22.9 Å². The summed E-state index contributed by atoms with van der Waals surface area (Å²) >= 11 is 0. The molecule has 0 radical (unpaired) electrons. The maximum absolute atomic E-state index is 12.0. The zero-order valence-electron chi connectivity index (χ0n) is 16.8.